The Kier molecular flexibility index (Phi) is 2.87. The Bertz CT molecular complexity index is 876. The molecule has 2 N–H and O–H groups in total. The molecule has 8 heteroatoms. The van der Waals surface area contributed by atoms with Crippen molar-refractivity contribution in [2.24, 2.45) is 0 Å². The minimum Gasteiger partial charge on any atom is -0.276 e. The predicted octanol–water partition coefficient (Wildman–Crippen LogP) is 1.90. The lowest BCUT2D eigenvalue weighted by molar-refractivity contribution is 0.556. The van der Waals surface area contributed by atoms with Crippen LogP contribution in [0.25, 0.3) is 10.9 Å². The van der Waals surface area contributed by atoms with Gasteiger partial charge in [-0.05, 0) is 24.3 Å². The van der Waals surface area contributed by atoms with Crippen LogP contribution in [-0.2, 0) is 10.0 Å². The first-order valence-electron chi connectivity index (χ1n) is 5.64. The number of fused-ring (bicyclic) bond motifs is 1. The third-order valence-corrected chi connectivity index (χ3v) is 3.95. The van der Waals surface area contributed by atoms with Gasteiger partial charge in [0, 0.05) is 11.6 Å². The number of anilines is 1. The predicted molar refractivity (Wildman–Crippen MR) is 71.1 cm³/mol. The van der Waals surface area contributed by atoms with Crippen LogP contribution in [0.2, 0.25) is 0 Å². The van der Waals surface area contributed by atoms with E-state index in [4.69, 9.17) is 0 Å². The molecule has 0 unspecified atom stereocenters. The van der Waals surface area contributed by atoms with Gasteiger partial charge in [-0.15, -0.1) is 0 Å². The molecule has 2 aromatic heterocycles. The van der Waals surface area contributed by atoms with Crippen molar-refractivity contribution in [3.05, 3.63) is 48.4 Å². The van der Waals surface area contributed by atoms with E-state index in [2.05, 4.69) is 19.9 Å². The summed E-state index contributed by atoms with van der Waals surface area (Å²) in [6, 6.07) is 9.34. The molecule has 0 amide bonds. The fraction of sp³-hybridized carbons (Fsp3) is 0. The third-order valence-electron chi connectivity index (χ3n) is 2.68. The molecule has 0 atom stereocenters. The molecule has 3 aromatic rings. The number of para-hydroxylation sites is 1. The van der Waals surface area contributed by atoms with Crippen molar-refractivity contribution in [1.29, 1.82) is 0 Å². The van der Waals surface area contributed by atoms with Crippen molar-refractivity contribution in [2.75, 3.05) is 4.72 Å². The van der Waals surface area contributed by atoms with Gasteiger partial charge in [0.1, 0.15) is 0 Å². The minimum atomic E-state index is -4.12. The van der Waals surface area contributed by atoms with Crippen LogP contribution in [0.15, 0.2) is 47.6 Å². The van der Waals surface area contributed by atoms with Crippen LogP contribution < -0.4 is 4.72 Å². The summed E-state index contributed by atoms with van der Waals surface area (Å²) in [6.45, 7) is 0. The summed E-state index contributed by atoms with van der Waals surface area (Å²) in [5.74, 6) is -0.814. The van der Waals surface area contributed by atoms with Crippen molar-refractivity contribution in [3.8, 4) is 0 Å². The molecule has 3 rings (SSSR count). The maximum absolute atomic E-state index is 13.5. The van der Waals surface area contributed by atoms with Gasteiger partial charge in [0.15, 0.2) is 11.6 Å². The first-order valence-corrected chi connectivity index (χ1v) is 7.13. The van der Waals surface area contributed by atoms with Crippen molar-refractivity contribution in [2.45, 2.75) is 5.03 Å². The van der Waals surface area contributed by atoms with E-state index in [1.807, 2.05) is 0 Å². The van der Waals surface area contributed by atoms with Gasteiger partial charge in [-0.1, -0.05) is 12.1 Å². The molecule has 0 fully saturated rings. The highest BCUT2D eigenvalue weighted by Gasteiger charge is 2.22. The SMILES string of the molecule is O=S(=O)(Nc1n[nH]c2ccccc12)c1ncccc1F. The van der Waals surface area contributed by atoms with Crippen molar-refractivity contribution in [3.63, 3.8) is 0 Å². The van der Waals surface area contributed by atoms with Crippen LogP contribution in [0.4, 0.5) is 10.2 Å². The van der Waals surface area contributed by atoms with Gasteiger partial charge in [-0.3, -0.25) is 9.82 Å². The number of aromatic nitrogens is 3. The number of rotatable bonds is 3. The molecule has 0 bridgehead atoms. The van der Waals surface area contributed by atoms with E-state index in [0.29, 0.717) is 10.9 Å². The fourth-order valence-electron chi connectivity index (χ4n) is 1.79. The first-order chi connectivity index (χ1) is 9.58. The molecular weight excluding hydrogens is 283 g/mol. The molecular formula is C12H9FN4O2S. The van der Waals surface area contributed by atoms with Crippen LogP contribution in [0.5, 0.6) is 0 Å². The molecule has 0 aliphatic heterocycles. The van der Waals surface area contributed by atoms with Crippen LogP contribution in [0.3, 0.4) is 0 Å². The number of halogens is 1. The van der Waals surface area contributed by atoms with Gasteiger partial charge in [-0.25, -0.2) is 9.37 Å². The Morgan fingerprint density at radius 2 is 1.95 bits per heavy atom. The average molecular weight is 292 g/mol. The Balaban J connectivity index is 2.04. The first kappa shape index (κ1) is 12.5. The molecule has 6 nitrogen and oxygen atoms in total. The zero-order valence-corrected chi connectivity index (χ0v) is 10.9. The summed E-state index contributed by atoms with van der Waals surface area (Å²) in [7, 11) is -4.12. The number of sulfonamides is 1. The second kappa shape index (κ2) is 4.57. The highest BCUT2D eigenvalue weighted by atomic mass is 32.2. The third kappa shape index (κ3) is 2.10. The molecule has 20 heavy (non-hydrogen) atoms. The van der Waals surface area contributed by atoms with Crippen LogP contribution >= 0.6 is 0 Å². The van der Waals surface area contributed by atoms with E-state index in [9.17, 15) is 12.8 Å². The topological polar surface area (TPSA) is 87.7 Å². The normalized spacial score (nSPS) is 11.7. The second-order valence-corrected chi connectivity index (χ2v) is 5.61. The lowest BCUT2D eigenvalue weighted by Gasteiger charge is -2.05. The summed E-state index contributed by atoms with van der Waals surface area (Å²) in [5, 5.41) is 6.49. The molecule has 102 valence electrons. The molecule has 0 saturated heterocycles. The number of pyridine rings is 1. The number of nitrogens with zero attached hydrogens (tertiary/aromatic N) is 2. The van der Waals surface area contributed by atoms with E-state index in [-0.39, 0.29) is 5.82 Å². The minimum absolute atomic E-state index is 0.102. The Morgan fingerprint density at radius 3 is 2.75 bits per heavy atom. The summed E-state index contributed by atoms with van der Waals surface area (Å²) >= 11 is 0. The number of H-pyrrole nitrogens is 1. The van der Waals surface area contributed by atoms with E-state index in [1.54, 1.807) is 24.3 Å². The Hall–Kier alpha value is -2.48. The van der Waals surface area contributed by atoms with Crippen LogP contribution in [0, 0.1) is 5.82 Å². The molecule has 0 radical (unpaired) electrons. The molecule has 0 spiro atoms. The highest BCUT2D eigenvalue weighted by Crippen LogP contribution is 2.22. The Labute approximate surface area is 113 Å². The largest absolute Gasteiger partial charge is 0.283 e. The number of hydrogen-bond acceptors (Lipinski definition) is 4. The van der Waals surface area contributed by atoms with E-state index < -0.39 is 20.9 Å². The summed E-state index contributed by atoms with van der Waals surface area (Å²) in [5.41, 5.74) is 0.673. The summed E-state index contributed by atoms with van der Waals surface area (Å²) in [6.07, 6.45) is 1.21. The van der Waals surface area contributed by atoms with Crippen LogP contribution in [-0.4, -0.2) is 23.6 Å². The van der Waals surface area contributed by atoms with E-state index >= 15 is 0 Å². The van der Waals surface area contributed by atoms with Gasteiger partial charge >= 0.3 is 0 Å². The lowest BCUT2D eigenvalue weighted by Crippen LogP contribution is -2.16. The standard InChI is InChI=1S/C12H9FN4O2S/c13-9-5-3-7-14-12(9)20(18,19)17-11-8-4-1-2-6-10(8)15-16-11/h1-7H,(H2,15,16,17). The number of nitrogens with one attached hydrogen (secondary N) is 2. The molecule has 0 aliphatic carbocycles. The van der Waals surface area contributed by atoms with Gasteiger partial charge in [0.25, 0.3) is 10.0 Å². The Morgan fingerprint density at radius 1 is 1.15 bits per heavy atom. The number of aromatic amines is 1. The quantitative estimate of drug-likeness (QED) is 0.771. The summed E-state index contributed by atoms with van der Waals surface area (Å²) in [4.78, 5) is 3.55. The molecule has 0 saturated carbocycles. The number of hydrogen-bond donors (Lipinski definition) is 2. The highest BCUT2D eigenvalue weighted by molar-refractivity contribution is 7.92. The second-order valence-electron chi connectivity index (χ2n) is 4.01. The van der Waals surface area contributed by atoms with Gasteiger partial charge in [0.2, 0.25) is 5.03 Å². The average Bonchev–Trinajstić information content (AvgIpc) is 2.82. The molecule has 0 aliphatic rings. The number of benzene rings is 1. The smallest absolute Gasteiger partial charge is 0.276 e. The lowest BCUT2D eigenvalue weighted by atomic mass is 10.2. The van der Waals surface area contributed by atoms with Crippen molar-refractivity contribution in [1.82, 2.24) is 15.2 Å². The zero-order valence-electron chi connectivity index (χ0n) is 10.0. The maximum Gasteiger partial charge on any atom is 0.283 e. The monoisotopic (exact) mass is 292 g/mol. The van der Waals surface area contributed by atoms with Crippen LogP contribution in [0.1, 0.15) is 0 Å². The fourth-order valence-corrected chi connectivity index (χ4v) is 2.82. The van der Waals surface area contributed by atoms with E-state index in [1.165, 1.54) is 12.3 Å². The van der Waals surface area contributed by atoms with Crippen molar-refractivity contribution < 1.29 is 12.8 Å². The molecule has 2 heterocycles. The van der Waals surface area contributed by atoms with Crippen molar-refractivity contribution >= 4 is 26.7 Å². The zero-order chi connectivity index (χ0) is 14.2. The van der Waals surface area contributed by atoms with Gasteiger partial charge in [-0.2, -0.15) is 13.5 Å². The van der Waals surface area contributed by atoms with E-state index in [0.717, 1.165) is 6.07 Å². The van der Waals surface area contributed by atoms with Gasteiger partial charge in [0.05, 0.1) is 5.52 Å². The molecule has 1 aromatic carbocycles. The van der Waals surface area contributed by atoms with Gasteiger partial charge < -0.3 is 0 Å². The summed E-state index contributed by atoms with van der Waals surface area (Å²) < 4.78 is 39.9. The maximum atomic E-state index is 13.5.